The van der Waals surface area contributed by atoms with Gasteiger partial charge in [0.1, 0.15) is 0 Å². The molecular formula is C13H12N4S. The van der Waals surface area contributed by atoms with E-state index in [4.69, 9.17) is 0 Å². The van der Waals surface area contributed by atoms with E-state index in [1.165, 1.54) is 4.88 Å². The van der Waals surface area contributed by atoms with Crippen LogP contribution in [0.3, 0.4) is 0 Å². The van der Waals surface area contributed by atoms with Gasteiger partial charge >= 0.3 is 0 Å². The standard InChI is InChI=1S/C13H12N4S/c1-9-11-4-2-3-5-12(11)13(17-16-9)15-7-10-6-14-8-18-10/h2-6,8H,7H2,1H3,(H,15,17). The zero-order valence-electron chi connectivity index (χ0n) is 9.92. The number of fused-ring (bicyclic) bond motifs is 1. The maximum Gasteiger partial charge on any atom is 0.156 e. The van der Waals surface area contributed by atoms with Gasteiger partial charge in [0.25, 0.3) is 0 Å². The van der Waals surface area contributed by atoms with Crippen molar-refractivity contribution in [2.75, 3.05) is 5.32 Å². The van der Waals surface area contributed by atoms with Crippen molar-refractivity contribution in [2.24, 2.45) is 0 Å². The smallest absolute Gasteiger partial charge is 0.156 e. The van der Waals surface area contributed by atoms with E-state index in [1.54, 1.807) is 11.3 Å². The number of benzene rings is 1. The van der Waals surface area contributed by atoms with Gasteiger partial charge < -0.3 is 5.32 Å². The molecule has 0 aliphatic heterocycles. The van der Waals surface area contributed by atoms with Crippen LogP contribution in [-0.2, 0) is 6.54 Å². The van der Waals surface area contributed by atoms with Gasteiger partial charge in [0.15, 0.2) is 5.82 Å². The van der Waals surface area contributed by atoms with Gasteiger partial charge in [-0.05, 0) is 6.92 Å². The Hall–Kier alpha value is -2.01. The molecule has 18 heavy (non-hydrogen) atoms. The molecule has 0 saturated carbocycles. The lowest BCUT2D eigenvalue weighted by atomic mass is 10.1. The van der Waals surface area contributed by atoms with E-state index in [0.717, 1.165) is 28.8 Å². The van der Waals surface area contributed by atoms with E-state index in [9.17, 15) is 0 Å². The predicted molar refractivity (Wildman–Crippen MR) is 73.7 cm³/mol. The molecule has 3 rings (SSSR count). The molecule has 4 nitrogen and oxygen atoms in total. The van der Waals surface area contributed by atoms with Crippen LogP contribution in [0.2, 0.25) is 0 Å². The summed E-state index contributed by atoms with van der Waals surface area (Å²) in [6.07, 6.45) is 1.86. The van der Waals surface area contributed by atoms with Gasteiger partial charge in [-0.15, -0.1) is 16.4 Å². The fraction of sp³-hybridized carbons (Fsp3) is 0.154. The maximum absolute atomic E-state index is 4.23. The minimum Gasteiger partial charge on any atom is -0.363 e. The second-order valence-corrected chi connectivity index (χ2v) is 4.97. The Morgan fingerprint density at radius 3 is 2.78 bits per heavy atom. The maximum atomic E-state index is 4.23. The number of aromatic nitrogens is 3. The zero-order valence-corrected chi connectivity index (χ0v) is 10.7. The van der Waals surface area contributed by atoms with Crippen LogP contribution < -0.4 is 5.32 Å². The van der Waals surface area contributed by atoms with E-state index in [1.807, 2.05) is 30.8 Å². The van der Waals surface area contributed by atoms with E-state index >= 15 is 0 Å². The summed E-state index contributed by atoms with van der Waals surface area (Å²) in [5, 5.41) is 14.0. The summed E-state index contributed by atoms with van der Waals surface area (Å²) in [4.78, 5) is 5.24. The van der Waals surface area contributed by atoms with E-state index in [-0.39, 0.29) is 0 Å². The molecule has 0 saturated heterocycles. The van der Waals surface area contributed by atoms with Crippen LogP contribution in [0.4, 0.5) is 5.82 Å². The Kier molecular flexibility index (Phi) is 2.90. The third-order valence-corrected chi connectivity index (χ3v) is 3.57. The molecule has 0 fully saturated rings. The number of rotatable bonds is 3. The predicted octanol–water partition coefficient (Wildman–Crippen LogP) is 3.01. The molecule has 1 aromatic carbocycles. The molecule has 1 N–H and O–H groups in total. The fourth-order valence-electron chi connectivity index (χ4n) is 1.87. The van der Waals surface area contributed by atoms with Gasteiger partial charge in [0, 0.05) is 21.8 Å². The first-order valence-electron chi connectivity index (χ1n) is 5.68. The highest BCUT2D eigenvalue weighted by molar-refractivity contribution is 7.09. The summed E-state index contributed by atoms with van der Waals surface area (Å²) in [6, 6.07) is 8.16. The van der Waals surface area contributed by atoms with Gasteiger partial charge in [-0.1, -0.05) is 24.3 Å². The number of hydrogen-bond donors (Lipinski definition) is 1. The summed E-state index contributed by atoms with van der Waals surface area (Å²) >= 11 is 1.63. The molecule has 2 aromatic heterocycles. The molecule has 0 spiro atoms. The van der Waals surface area contributed by atoms with Crippen LogP contribution in [0.15, 0.2) is 36.0 Å². The number of thiazole rings is 1. The SMILES string of the molecule is Cc1nnc(NCc2cncs2)c2ccccc12. The van der Waals surface area contributed by atoms with E-state index in [0.29, 0.717) is 0 Å². The van der Waals surface area contributed by atoms with Crippen molar-refractivity contribution in [1.82, 2.24) is 15.2 Å². The molecule has 0 bridgehead atoms. The van der Waals surface area contributed by atoms with Crippen LogP contribution >= 0.6 is 11.3 Å². The van der Waals surface area contributed by atoms with Gasteiger partial charge in [-0.2, -0.15) is 5.10 Å². The normalized spacial score (nSPS) is 10.7. The minimum atomic E-state index is 0.729. The average Bonchev–Trinajstić information content (AvgIpc) is 2.92. The van der Waals surface area contributed by atoms with Crippen molar-refractivity contribution >= 4 is 27.9 Å². The quantitative estimate of drug-likeness (QED) is 0.782. The molecule has 0 aliphatic carbocycles. The Morgan fingerprint density at radius 2 is 2.00 bits per heavy atom. The average molecular weight is 256 g/mol. The first-order chi connectivity index (χ1) is 8.84. The van der Waals surface area contributed by atoms with Crippen molar-refractivity contribution in [2.45, 2.75) is 13.5 Å². The number of nitrogens with zero attached hydrogens (tertiary/aromatic N) is 3. The van der Waals surface area contributed by atoms with Gasteiger partial charge in [-0.25, -0.2) is 0 Å². The number of anilines is 1. The van der Waals surface area contributed by atoms with Crippen LogP contribution in [0.5, 0.6) is 0 Å². The van der Waals surface area contributed by atoms with Gasteiger partial charge in [-0.3, -0.25) is 4.98 Å². The van der Waals surface area contributed by atoms with Crippen LogP contribution in [0, 0.1) is 6.92 Å². The lowest BCUT2D eigenvalue weighted by molar-refractivity contribution is 0.986. The molecule has 0 aliphatic rings. The largest absolute Gasteiger partial charge is 0.363 e. The highest BCUT2D eigenvalue weighted by Crippen LogP contribution is 2.22. The molecule has 90 valence electrons. The Bertz CT molecular complexity index is 664. The molecule has 0 atom stereocenters. The van der Waals surface area contributed by atoms with E-state index in [2.05, 4.69) is 32.6 Å². The summed E-state index contributed by atoms with van der Waals surface area (Å²) in [7, 11) is 0. The lowest BCUT2D eigenvalue weighted by Gasteiger charge is -2.08. The second kappa shape index (κ2) is 4.70. The first-order valence-corrected chi connectivity index (χ1v) is 6.56. The van der Waals surface area contributed by atoms with Crippen LogP contribution in [0.1, 0.15) is 10.6 Å². The van der Waals surface area contributed by atoms with E-state index < -0.39 is 0 Å². The molecule has 5 heteroatoms. The molecule has 0 radical (unpaired) electrons. The third kappa shape index (κ3) is 2.04. The molecule has 3 aromatic rings. The zero-order chi connectivity index (χ0) is 12.4. The van der Waals surface area contributed by atoms with Crippen molar-refractivity contribution in [3.8, 4) is 0 Å². The first kappa shape index (κ1) is 11.1. The van der Waals surface area contributed by atoms with Crippen molar-refractivity contribution in [3.05, 3.63) is 46.5 Å². The summed E-state index contributed by atoms with van der Waals surface area (Å²) in [5.74, 6) is 0.824. The van der Waals surface area contributed by atoms with Crippen molar-refractivity contribution in [1.29, 1.82) is 0 Å². The molecule has 0 amide bonds. The summed E-state index contributed by atoms with van der Waals surface area (Å²) in [6.45, 7) is 2.70. The monoisotopic (exact) mass is 256 g/mol. The topological polar surface area (TPSA) is 50.7 Å². The minimum absolute atomic E-state index is 0.729. The molecule has 2 heterocycles. The second-order valence-electron chi connectivity index (χ2n) is 4.00. The number of hydrogen-bond acceptors (Lipinski definition) is 5. The Balaban J connectivity index is 1.94. The lowest BCUT2D eigenvalue weighted by Crippen LogP contribution is -2.03. The Morgan fingerprint density at radius 1 is 1.17 bits per heavy atom. The van der Waals surface area contributed by atoms with Crippen LogP contribution in [0.25, 0.3) is 10.8 Å². The highest BCUT2D eigenvalue weighted by Gasteiger charge is 2.05. The third-order valence-electron chi connectivity index (χ3n) is 2.79. The van der Waals surface area contributed by atoms with Gasteiger partial charge in [0.2, 0.25) is 0 Å². The molecule has 0 unspecified atom stereocenters. The highest BCUT2D eigenvalue weighted by atomic mass is 32.1. The van der Waals surface area contributed by atoms with Crippen molar-refractivity contribution in [3.63, 3.8) is 0 Å². The molecular weight excluding hydrogens is 244 g/mol. The van der Waals surface area contributed by atoms with Crippen LogP contribution in [-0.4, -0.2) is 15.2 Å². The fourth-order valence-corrected chi connectivity index (χ4v) is 2.40. The Labute approximate surface area is 109 Å². The summed E-state index contributed by atoms with van der Waals surface area (Å²) < 4.78 is 0. The number of aryl methyl sites for hydroxylation is 1. The van der Waals surface area contributed by atoms with Gasteiger partial charge in [0.05, 0.1) is 17.7 Å². The van der Waals surface area contributed by atoms with Crippen molar-refractivity contribution < 1.29 is 0 Å². The number of nitrogens with one attached hydrogen (secondary N) is 1. The summed E-state index contributed by atoms with van der Waals surface area (Å²) in [5.41, 5.74) is 2.78.